The van der Waals surface area contributed by atoms with E-state index in [1.807, 2.05) is 60.4 Å². The molecule has 1 amide bonds. The van der Waals surface area contributed by atoms with Crippen molar-refractivity contribution in [1.82, 2.24) is 14.5 Å². The van der Waals surface area contributed by atoms with Crippen molar-refractivity contribution in [3.63, 3.8) is 0 Å². The minimum atomic E-state index is 0.0863. The van der Waals surface area contributed by atoms with Crippen LogP contribution in [0.15, 0.2) is 66.7 Å². The minimum absolute atomic E-state index is 0.0863. The van der Waals surface area contributed by atoms with E-state index in [1.165, 1.54) is 0 Å². The molecule has 148 valence electrons. The molecule has 0 saturated carbocycles. The number of thiophene rings is 1. The van der Waals surface area contributed by atoms with E-state index in [9.17, 15) is 4.79 Å². The van der Waals surface area contributed by atoms with E-state index in [0.29, 0.717) is 6.54 Å². The van der Waals surface area contributed by atoms with Gasteiger partial charge in [-0.2, -0.15) is 0 Å². The van der Waals surface area contributed by atoms with Crippen molar-refractivity contribution in [2.45, 2.75) is 33.2 Å². The van der Waals surface area contributed by atoms with Crippen molar-refractivity contribution in [2.75, 3.05) is 6.54 Å². The summed E-state index contributed by atoms with van der Waals surface area (Å²) in [6.45, 7) is 5.40. The third-order valence-electron chi connectivity index (χ3n) is 5.00. The molecule has 0 spiro atoms. The molecule has 0 radical (unpaired) electrons. The van der Waals surface area contributed by atoms with E-state index in [-0.39, 0.29) is 5.91 Å². The zero-order chi connectivity index (χ0) is 20.2. The van der Waals surface area contributed by atoms with E-state index < -0.39 is 0 Å². The number of unbranched alkanes of at least 4 members (excludes halogenated alkanes) is 1. The summed E-state index contributed by atoms with van der Waals surface area (Å²) in [5, 5.41) is 0. The molecule has 4 aromatic rings. The van der Waals surface area contributed by atoms with E-state index in [0.717, 1.165) is 51.7 Å². The third kappa shape index (κ3) is 4.10. The van der Waals surface area contributed by atoms with Gasteiger partial charge in [-0.15, -0.1) is 11.3 Å². The SMILES string of the molecule is CCCCN(Cc1nc2ccccc2n1-c1ccccc1)C(=O)c1ccc(C)s1. The predicted molar refractivity (Wildman–Crippen MR) is 120 cm³/mol. The molecule has 0 unspecified atom stereocenters. The van der Waals surface area contributed by atoms with Gasteiger partial charge < -0.3 is 4.90 Å². The molecule has 0 bridgehead atoms. The van der Waals surface area contributed by atoms with Crippen LogP contribution in [0.25, 0.3) is 16.7 Å². The average molecular weight is 404 g/mol. The molecule has 0 N–H and O–H groups in total. The lowest BCUT2D eigenvalue weighted by Crippen LogP contribution is -2.32. The first-order valence-electron chi connectivity index (χ1n) is 10.0. The Morgan fingerprint density at radius 1 is 1.03 bits per heavy atom. The molecule has 29 heavy (non-hydrogen) atoms. The van der Waals surface area contributed by atoms with Crippen LogP contribution in [0.2, 0.25) is 0 Å². The van der Waals surface area contributed by atoms with Crippen LogP contribution in [0, 0.1) is 6.92 Å². The first kappa shape index (κ1) is 19.4. The molecule has 4 rings (SSSR count). The zero-order valence-electron chi connectivity index (χ0n) is 16.8. The van der Waals surface area contributed by atoms with E-state index in [1.54, 1.807) is 11.3 Å². The monoisotopic (exact) mass is 403 g/mol. The van der Waals surface area contributed by atoms with Crippen LogP contribution in [-0.4, -0.2) is 26.9 Å². The number of imidazole rings is 1. The normalized spacial score (nSPS) is 11.1. The largest absolute Gasteiger partial charge is 0.330 e. The predicted octanol–water partition coefficient (Wildman–Crippen LogP) is 5.84. The van der Waals surface area contributed by atoms with Gasteiger partial charge in [0.05, 0.1) is 22.5 Å². The fourth-order valence-corrected chi connectivity index (χ4v) is 4.36. The number of rotatable bonds is 7. The van der Waals surface area contributed by atoms with Crippen molar-refractivity contribution in [3.05, 3.63) is 82.3 Å². The van der Waals surface area contributed by atoms with Gasteiger partial charge in [0.15, 0.2) is 0 Å². The Bertz CT molecular complexity index is 1110. The summed E-state index contributed by atoms with van der Waals surface area (Å²) in [5.41, 5.74) is 3.07. The standard InChI is InChI=1S/C24H25N3OS/c1-3-4-16-26(24(28)22-15-14-18(2)29-22)17-23-25-20-12-8-9-13-21(20)27(23)19-10-6-5-7-11-19/h5-15H,3-4,16-17H2,1-2H3. The van der Waals surface area contributed by atoms with Crippen LogP contribution in [0.3, 0.4) is 0 Å². The molecule has 2 aromatic heterocycles. The maximum atomic E-state index is 13.2. The Balaban J connectivity index is 1.75. The molecule has 5 heteroatoms. The summed E-state index contributed by atoms with van der Waals surface area (Å²) >= 11 is 1.56. The molecule has 2 aromatic carbocycles. The number of hydrogen-bond acceptors (Lipinski definition) is 3. The van der Waals surface area contributed by atoms with Crippen molar-refractivity contribution in [3.8, 4) is 5.69 Å². The number of nitrogens with zero attached hydrogens (tertiary/aromatic N) is 3. The lowest BCUT2D eigenvalue weighted by atomic mass is 10.2. The molecular formula is C24H25N3OS. The van der Waals surface area contributed by atoms with Crippen molar-refractivity contribution < 1.29 is 4.79 Å². The minimum Gasteiger partial charge on any atom is -0.330 e. The molecule has 4 nitrogen and oxygen atoms in total. The smallest absolute Gasteiger partial charge is 0.264 e. The van der Waals surface area contributed by atoms with Gasteiger partial charge in [0.25, 0.3) is 5.91 Å². The molecule has 0 aliphatic heterocycles. The number of carbonyl (C=O) groups is 1. The Morgan fingerprint density at radius 2 is 1.79 bits per heavy atom. The molecule has 0 aliphatic rings. The topological polar surface area (TPSA) is 38.1 Å². The Labute approximate surface area is 175 Å². The van der Waals surface area contributed by atoms with Crippen LogP contribution in [0.4, 0.5) is 0 Å². The van der Waals surface area contributed by atoms with Gasteiger partial charge >= 0.3 is 0 Å². The van der Waals surface area contributed by atoms with Crippen LogP contribution in [0.1, 0.15) is 40.1 Å². The summed E-state index contributed by atoms with van der Waals surface area (Å²) in [6.07, 6.45) is 2.02. The number of para-hydroxylation sites is 3. The van der Waals surface area contributed by atoms with Gasteiger partial charge in [0.1, 0.15) is 5.82 Å². The van der Waals surface area contributed by atoms with Gasteiger partial charge in [-0.3, -0.25) is 9.36 Å². The Hall–Kier alpha value is -2.92. The average Bonchev–Trinajstić information content (AvgIpc) is 3.34. The lowest BCUT2D eigenvalue weighted by molar-refractivity contribution is 0.0741. The highest BCUT2D eigenvalue weighted by Gasteiger charge is 2.21. The summed E-state index contributed by atoms with van der Waals surface area (Å²) in [4.78, 5) is 22.0. The van der Waals surface area contributed by atoms with Gasteiger partial charge in [0.2, 0.25) is 0 Å². The van der Waals surface area contributed by atoms with Gasteiger partial charge in [-0.05, 0) is 49.7 Å². The van der Waals surface area contributed by atoms with Crippen LogP contribution < -0.4 is 0 Å². The molecule has 2 heterocycles. The van der Waals surface area contributed by atoms with Crippen LogP contribution in [-0.2, 0) is 6.54 Å². The second-order valence-corrected chi connectivity index (χ2v) is 8.47. The highest BCUT2D eigenvalue weighted by atomic mass is 32.1. The Kier molecular flexibility index (Phi) is 5.76. The van der Waals surface area contributed by atoms with Crippen molar-refractivity contribution in [1.29, 1.82) is 0 Å². The van der Waals surface area contributed by atoms with Crippen molar-refractivity contribution >= 4 is 28.3 Å². The van der Waals surface area contributed by atoms with Gasteiger partial charge in [-0.1, -0.05) is 43.7 Å². The van der Waals surface area contributed by atoms with Crippen LogP contribution >= 0.6 is 11.3 Å². The van der Waals surface area contributed by atoms with Crippen molar-refractivity contribution in [2.24, 2.45) is 0 Å². The Morgan fingerprint density at radius 3 is 2.52 bits per heavy atom. The number of benzene rings is 2. The van der Waals surface area contributed by atoms with E-state index >= 15 is 0 Å². The van der Waals surface area contributed by atoms with Gasteiger partial charge in [-0.25, -0.2) is 4.98 Å². The maximum Gasteiger partial charge on any atom is 0.264 e. The second-order valence-electron chi connectivity index (χ2n) is 7.18. The second kappa shape index (κ2) is 8.62. The summed E-state index contributed by atoms with van der Waals surface area (Å²) in [5.74, 6) is 0.971. The molecule has 0 aliphatic carbocycles. The zero-order valence-corrected chi connectivity index (χ0v) is 17.7. The fourth-order valence-electron chi connectivity index (χ4n) is 3.52. The van der Waals surface area contributed by atoms with Gasteiger partial charge in [0, 0.05) is 17.1 Å². The lowest BCUT2D eigenvalue weighted by Gasteiger charge is -2.22. The maximum absolute atomic E-state index is 13.2. The number of aryl methyl sites for hydroxylation is 1. The summed E-state index contributed by atoms with van der Waals surface area (Å²) in [6, 6.07) is 22.3. The third-order valence-corrected chi connectivity index (χ3v) is 5.99. The highest BCUT2D eigenvalue weighted by Crippen LogP contribution is 2.24. The summed E-state index contributed by atoms with van der Waals surface area (Å²) < 4.78 is 2.17. The van der Waals surface area contributed by atoms with E-state index in [4.69, 9.17) is 4.98 Å². The number of amides is 1. The van der Waals surface area contributed by atoms with E-state index in [2.05, 4.69) is 29.7 Å². The first-order chi connectivity index (χ1) is 14.2. The highest BCUT2D eigenvalue weighted by molar-refractivity contribution is 7.13. The molecular weight excluding hydrogens is 378 g/mol. The van der Waals surface area contributed by atoms with Crippen LogP contribution in [0.5, 0.6) is 0 Å². The molecule has 0 saturated heterocycles. The first-order valence-corrected chi connectivity index (χ1v) is 10.9. The molecule has 0 fully saturated rings. The summed E-state index contributed by atoms with van der Waals surface area (Å²) in [7, 11) is 0. The quantitative estimate of drug-likeness (QED) is 0.389. The fraction of sp³-hybridized carbons (Fsp3) is 0.250. The number of carbonyl (C=O) groups excluding carboxylic acids is 1. The number of hydrogen-bond donors (Lipinski definition) is 0. The molecule has 0 atom stereocenters. The number of fused-ring (bicyclic) bond motifs is 1. The number of aromatic nitrogens is 2.